The number of hydrogen-bond acceptors (Lipinski definition) is 6. The second-order valence-electron chi connectivity index (χ2n) is 6.89. The van der Waals surface area contributed by atoms with Gasteiger partial charge in [0.15, 0.2) is 10.8 Å². The Balaban J connectivity index is 1.88. The van der Waals surface area contributed by atoms with Crippen LogP contribution in [0.3, 0.4) is 0 Å². The molecule has 3 aromatic rings. The van der Waals surface area contributed by atoms with E-state index in [1.165, 1.54) is 11.3 Å². The molecule has 0 aliphatic rings. The summed E-state index contributed by atoms with van der Waals surface area (Å²) < 4.78 is 10.5. The number of esters is 1. The molecule has 1 amide bonds. The normalized spacial score (nSPS) is 10.5. The molecule has 0 bridgehead atoms. The standard InChI is InChI=1S/C24H26N2O4S/c1-4-30-23(28)22-17(2)31-24(25-22)26(15-14-18-10-6-5-7-11-18)21(27)16-19-12-8-9-13-20(19)29-3/h5-13H,4,14-16H2,1-3H3. The Morgan fingerprint density at radius 2 is 1.77 bits per heavy atom. The zero-order chi connectivity index (χ0) is 22.2. The molecule has 0 radical (unpaired) electrons. The molecule has 0 saturated heterocycles. The number of nitrogens with zero attached hydrogens (tertiary/aromatic N) is 2. The number of hydrogen-bond donors (Lipinski definition) is 0. The van der Waals surface area contributed by atoms with Crippen LogP contribution in [0.1, 0.15) is 33.4 Å². The summed E-state index contributed by atoms with van der Waals surface area (Å²) in [6.07, 6.45) is 0.845. The maximum Gasteiger partial charge on any atom is 0.358 e. The molecule has 1 aromatic heterocycles. The molecule has 0 fully saturated rings. The van der Waals surface area contributed by atoms with Gasteiger partial charge in [-0.3, -0.25) is 9.69 Å². The predicted octanol–water partition coefficient (Wildman–Crippen LogP) is 4.46. The summed E-state index contributed by atoms with van der Waals surface area (Å²) >= 11 is 1.32. The lowest BCUT2D eigenvalue weighted by atomic mass is 10.1. The van der Waals surface area contributed by atoms with Gasteiger partial charge in [-0.1, -0.05) is 48.5 Å². The van der Waals surface area contributed by atoms with Crippen molar-refractivity contribution in [3.05, 3.63) is 76.3 Å². The summed E-state index contributed by atoms with van der Waals surface area (Å²) in [6, 6.07) is 17.4. The molecule has 0 spiro atoms. The van der Waals surface area contributed by atoms with E-state index < -0.39 is 5.97 Å². The lowest BCUT2D eigenvalue weighted by molar-refractivity contribution is -0.118. The lowest BCUT2D eigenvalue weighted by Crippen LogP contribution is -2.34. The fourth-order valence-electron chi connectivity index (χ4n) is 3.21. The molecule has 3 rings (SSSR count). The highest BCUT2D eigenvalue weighted by Gasteiger charge is 2.24. The van der Waals surface area contributed by atoms with Gasteiger partial charge >= 0.3 is 5.97 Å². The number of benzene rings is 2. The smallest absolute Gasteiger partial charge is 0.358 e. The number of para-hydroxylation sites is 1. The minimum absolute atomic E-state index is 0.107. The van der Waals surface area contributed by atoms with Gasteiger partial charge in [-0.05, 0) is 31.9 Å². The fourth-order valence-corrected chi connectivity index (χ4v) is 4.15. The van der Waals surface area contributed by atoms with Crippen LogP contribution in [0.2, 0.25) is 0 Å². The highest BCUT2D eigenvalue weighted by Crippen LogP contribution is 2.28. The molecule has 6 nitrogen and oxygen atoms in total. The van der Waals surface area contributed by atoms with Crippen molar-refractivity contribution in [1.29, 1.82) is 0 Å². The minimum atomic E-state index is -0.470. The Bertz CT molecular complexity index is 1030. The number of aryl methyl sites for hydroxylation is 1. The number of ether oxygens (including phenoxy) is 2. The summed E-state index contributed by atoms with van der Waals surface area (Å²) in [5.41, 5.74) is 2.19. The number of rotatable bonds is 9. The van der Waals surface area contributed by atoms with Gasteiger partial charge in [0.05, 0.1) is 20.1 Å². The van der Waals surface area contributed by atoms with Gasteiger partial charge in [-0.2, -0.15) is 0 Å². The Hall–Kier alpha value is -3.19. The molecule has 1 heterocycles. The molecule has 0 aliphatic carbocycles. The third-order valence-electron chi connectivity index (χ3n) is 4.79. The third kappa shape index (κ3) is 5.70. The Morgan fingerprint density at radius 3 is 2.48 bits per heavy atom. The SMILES string of the molecule is CCOC(=O)c1nc(N(CCc2ccccc2)C(=O)Cc2ccccc2OC)sc1C. The quantitative estimate of drug-likeness (QED) is 0.462. The Morgan fingerprint density at radius 1 is 1.06 bits per heavy atom. The molecule has 0 unspecified atom stereocenters. The second kappa shape index (κ2) is 10.7. The first-order valence-electron chi connectivity index (χ1n) is 10.1. The number of methoxy groups -OCH3 is 1. The van der Waals surface area contributed by atoms with Gasteiger partial charge in [0.2, 0.25) is 5.91 Å². The molecule has 0 atom stereocenters. The molecule has 7 heteroatoms. The van der Waals surface area contributed by atoms with E-state index in [4.69, 9.17) is 9.47 Å². The first kappa shape index (κ1) is 22.5. The van der Waals surface area contributed by atoms with E-state index in [0.717, 1.165) is 16.0 Å². The van der Waals surface area contributed by atoms with E-state index in [2.05, 4.69) is 4.98 Å². The van der Waals surface area contributed by atoms with Gasteiger partial charge < -0.3 is 9.47 Å². The first-order chi connectivity index (χ1) is 15.0. The molecule has 0 saturated carbocycles. The Labute approximate surface area is 186 Å². The van der Waals surface area contributed by atoms with Gasteiger partial charge in [-0.15, -0.1) is 11.3 Å². The van der Waals surface area contributed by atoms with E-state index in [9.17, 15) is 9.59 Å². The van der Waals surface area contributed by atoms with Crippen molar-refractivity contribution in [2.45, 2.75) is 26.7 Å². The molecular formula is C24H26N2O4S. The highest BCUT2D eigenvalue weighted by molar-refractivity contribution is 7.16. The van der Waals surface area contributed by atoms with Gasteiger partial charge in [0.1, 0.15) is 5.75 Å². The van der Waals surface area contributed by atoms with Crippen LogP contribution < -0.4 is 9.64 Å². The van der Waals surface area contributed by atoms with Crippen molar-refractivity contribution in [2.24, 2.45) is 0 Å². The lowest BCUT2D eigenvalue weighted by Gasteiger charge is -2.20. The number of carbonyl (C=O) groups excluding carboxylic acids is 2. The van der Waals surface area contributed by atoms with E-state index in [1.54, 1.807) is 18.9 Å². The molecule has 31 heavy (non-hydrogen) atoms. The molecule has 0 aliphatic heterocycles. The number of amides is 1. The van der Waals surface area contributed by atoms with Crippen LogP contribution in [0.25, 0.3) is 0 Å². The van der Waals surface area contributed by atoms with E-state index >= 15 is 0 Å². The largest absolute Gasteiger partial charge is 0.496 e. The van der Waals surface area contributed by atoms with Gasteiger partial charge in [-0.25, -0.2) is 9.78 Å². The summed E-state index contributed by atoms with van der Waals surface area (Å²) in [7, 11) is 1.59. The van der Waals surface area contributed by atoms with Crippen molar-refractivity contribution in [3.8, 4) is 5.75 Å². The zero-order valence-corrected chi connectivity index (χ0v) is 18.8. The fraction of sp³-hybridized carbons (Fsp3) is 0.292. The van der Waals surface area contributed by atoms with Crippen LogP contribution in [0, 0.1) is 6.92 Å². The van der Waals surface area contributed by atoms with Crippen LogP contribution in [0.15, 0.2) is 54.6 Å². The molecule has 0 N–H and O–H groups in total. The maximum absolute atomic E-state index is 13.3. The van der Waals surface area contributed by atoms with Crippen molar-refractivity contribution in [2.75, 3.05) is 25.2 Å². The molecule has 2 aromatic carbocycles. The van der Waals surface area contributed by atoms with Crippen molar-refractivity contribution in [3.63, 3.8) is 0 Å². The zero-order valence-electron chi connectivity index (χ0n) is 18.0. The molecular weight excluding hydrogens is 412 g/mol. The van der Waals surface area contributed by atoms with E-state index in [-0.39, 0.29) is 24.6 Å². The van der Waals surface area contributed by atoms with Crippen LogP contribution in [-0.2, 0) is 22.4 Å². The van der Waals surface area contributed by atoms with Gasteiger partial charge in [0.25, 0.3) is 0 Å². The summed E-state index contributed by atoms with van der Waals surface area (Å²) in [4.78, 5) is 32.4. The number of thiazole rings is 1. The topological polar surface area (TPSA) is 68.7 Å². The van der Waals surface area contributed by atoms with Crippen LogP contribution >= 0.6 is 11.3 Å². The van der Waals surface area contributed by atoms with E-state index in [1.807, 2.05) is 61.5 Å². The maximum atomic E-state index is 13.3. The number of aromatic nitrogens is 1. The Kier molecular flexibility index (Phi) is 7.78. The van der Waals surface area contributed by atoms with Crippen molar-refractivity contribution < 1.29 is 19.1 Å². The number of carbonyl (C=O) groups is 2. The van der Waals surface area contributed by atoms with Gasteiger partial charge in [0, 0.05) is 17.0 Å². The number of anilines is 1. The summed E-state index contributed by atoms with van der Waals surface area (Å²) in [6.45, 7) is 4.29. The van der Waals surface area contributed by atoms with Crippen LogP contribution in [-0.4, -0.2) is 37.1 Å². The highest BCUT2D eigenvalue weighted by atomic mass is 32.1. The predicted molar refractivity (Wildman–Crippen MR) is 122 cm³/mol. The minimum Gasteiger partial charge on any atom is -0.496 e. The summed E-state index contributed by atoms with van der Waals surface area (Å²) in [5.74, 6) is 0.0914. The molecule has 162 valence electrons. The third-order valence-corrected chi connectivity index (χ3v) is 5.78. The monoisotopic (exact) mass is 438 g/mol. The van der Waals surface area contributed by atoms with Crippen LogP contribution in [0.5, 0.6) is 5.75 Å². The average Bonchev–Trinajstić information content (AvgIpc) is 3.16. The second-order valence-corrected chi connectivity index (χ2v) is 8.07. The average molecular weight is 439 g/mol. The first-order valence-corrected chi connectivity index (χ1v) is 11.0. The van der Waals surface area contributed by atoms with Crippen molar-refractivity contribution >= 4 is 28.3 Å². The van der Waals surface area contributed by atoms with Crippen LogP contribution in [0.4, 0.5) is 5.13 Å². The van der Waals surface area contributed by atoms with E-state index in [0.29, 0.717) is 23.8 Å². The van der Waals surface area contributed by atoms with Crippen molar-refractivity contribution in [1.82, 2.24) is 4.98 Å². The summed E-state index contributed by atoms with van der Waals surface area (Å²) in [5, 5.41) is 0.497.